The summed E-state index contributed by atoms with van der Waals surface area (Å²) in [5.74, 6) is 0. The van der Waals surface area contributed by atoms with E-state index in [1.54, 1.807) is 0 Å². The maximum absolute atomic E-state index is 9.60. The van der Waals surface area contributed by atoms with Crippen molar-refractivity contribution in [3.63, 3.8) is 0 Å². The number of rotatable bonds is 3. The molecule has 0 aliphatic carbocycles. The lowest BCUT2D eigenvalue weighted by atomic mass is 9.96. The van der Waals surface area contributed by atoms with E-state index in [-0.39, 0.29) is 6.10 Å². The first kappa shape index (κ1) is 11.3. The second kappa shape index (κ2) is 4.61. The van der Waals surface area contributed by atoms with E-state index in [0.29, 0.717) is 0 Å². The summed E-state index contributed by atoms with van der Waals surface area (Å²) in [5, 5.41) is 9.60. The van der Waals surface area contributed by atoms with Crippen LogP contribution < -0.4 is 0 Å². The lowest BCUT2D eigenvalue weighted by Gasteiger charge is -2.12. The second-order valence-electron chi connectivity index (χ2n) is 4.13. The molecule has 1 rings (SSSR count). The predicted octanol–water partition coefficient (Wildman–Crippen LogP) is 2.93. The Labute approximate surface area is 86.8 Å². The van der Waals surface area contributed by atoms with Crippen LogP contribution in [0.1, 0.15) is 35.6 Å². The average molecular weight is 192 g/mol. The highest BCUT2D eigenvalue weighted by Crippen LogP contribution is 2.17. The lowest BCUT2D eigenvalue weighted by Crippen LogP contribution is -2.09. The van der Waals surface area contributed by atoms with E-state index in [2.05, 4.69) is 32.9 Å². The minimum absolute atomic E-state index is 0.198. The van der Waals surface area contributed by atoms with Crippen molar-refractivity contribution in [3.05, 3.63) is 34.4 Å². The fraction of sp³-hybridized carbons (Fsp3) is 0.538. The highest BCUT2D eigenvalue weighted by atomic mass is 16.3. The molecule has 0 aromatic heterocycles. The predicted molar refractivity (Wildman–Crippen MR) is 60.7 cm³/mol. The van der Waals surface area contributed by atoms with Gasteiger partial charge in [-0.05, 0) is 55.9 Å². The lowest BCUT2D eigenvalue weighted by molar-refractivity contribution is 0.170. The standard InChI is InChI=1S/C13H20O/c1-5-13(14)8-12-7-10(3)9(2)6-11(12)4/h6-7,13-14H,5,8H2,1-4H3/t13-/m1/s1. The van der Waals surface area contributed by atoms with Crippen LogP contribution >= 0.6 is 0 Å². The molecule has 1 nitrogen and oxygen atoms in total. The molecule has 14 heavy (non-hydrogen) atoms. The van der Waals surface area contributed by atoms with E-state index in [1.165, 1.54) is 22.3 Å². The van der Waals surface area contributed by atoms with Gasteiger partial charge >= 0.3 is 0 Å². The number of aliphatic hydroxyl groups is 1. The van der Waals surface area contributed by atoms with E-state index >= 15 is 0 Å². The third-order valence-electron chi connectivity index (χ3n) is 2.88. The van der Waals surface area contributed by atoms with Crippen molar-refractivity contribution in [2.75, 3.05) is 0 Å². The number of aryl methyl sites for hydroxylation is 3. The molecule has 1 atom stereocenters. The third-order valence-corrected chi connectivity index (χ3v) is 2.88. The molecule has 1 heteroatoms. The first-order valence-electron chi connectivity index (χ1n) is 5.29. The van der Waals surface area contributed by atoms with Crippen LogP contribution in [0.5, 0.6) is 0 Å². The Morgan fingerprint density at radius 1 is 1.07 bits per heavy atom. The molecule has 1 N–H and O–H groups in total. The van der Waals surface area contributed by atoms with Gasteiger partial charge in [-0.25, -0.2) is 0 Å². The minimum Gasteiger partial charge on any atom is -0.393 e. The molecule has 0 unspecified atom stereocenters. The summed E-state index contributed by atoms with van der Waals surface area (Å²) in [4.78, 5) is 0. The monoisotopic (exact) mass is 192 g/mol. The second-order valence-corrected chi connectivity index (χ2v) is 4.13. The zero-order valence-electron chi connectivity index (χ0n) is 9.59. The molecule has 1 aromatic carbocycles. The van der Waals surface area contributed by atoms with Gasteiger partial charge in [-0.1, -0.05) is 19.1 Å². The van der Waals surface area contributed by atoms with Gasteiger partial charge in [0.05, 0.1) is 6.10 Å². The molecule has 0 aliphatic rings. The van der Waals surface area contributed by atoms with Gasteiger partial charge in [0.15, 0.2) is 0 Å². The Bertz CT molecular complexity index is 315. The van der Waals surface area contributed by atoms with Gasteiger partial charge in [-0.15, -0.1) is 0 Å². The molecule has 0 amide bonds. The molecule has 0 aliphatic heterocycles. The Balaban J connectivity index is 2.92. The van der Waals surface area contributed by atoms with Crippen molar-refractivity contribution >= 4 is 0 Å². The van der Waals surface area contributed by atoms with Crippen LogP contribution in [0.4, 0.5) is 0 Å². The highest BCUT2D eigenvalue weighted by Gasteiger charge is 2.06. The first-order chi connectivity index (χ1) is 6.54. The van der Waals surface area contributed by atoms with E-state index in [1.807, 2.05) is 6.92 Å². The van der Waals surface area contributed by atoms with E-state index in [0.717, 1.165) is 12.8 Å². The molecule has 0 spiro atoms. The number of aliphatic hydroxyl groups excluding tert-OH is 1. The van der Waals surface area contributed by atoms with Crippen molar-refractivity contribution in [2.45, 2.75) is 46.6 Å². The first-order valence-corrected chi connectivity index (χ1v) is 5.29. The molecule has 0 bridgehead atoms. The fourth-order valence-electron chi connectivity index (χ4n) is 1.64. The van der Waals surface area contributed by atoms with Gasteiger partial charge in [0.2, 0.25) is 0 Å². The van der Waals surface area contributed by atoms with Gasteiger partial charge in [-0.3, -0.25) is 0 Å². The molecule has 0 saturated heterocycles. The normalized spacial score (nSPS) is 12.9. The zero-order valence-corrected chi connectivity index (χ0v) is 9.59. The molecular weight excluding hydrogens is 172 g/mol. The van der Waals surface area contributed by atoms with Gasteiger partial charge in [0.1, 0.15) is 0 Å². The number of benzene rings is 1. The Morgan fingerprint density at radius 3 is 2.21 bits per heavy atom. The Kier molecular flexibility index (Phi) is 3.70. The summed E-state index contributed by atoms with van der Waals surface area (Å²) >= 11 is 0. The third kappa shape index (κ3) is 2.58. The summed E-state index contributed by atoms with van der Waals surface area (Å²) in [5.41, 5.74) is 5.22. The van der Waals surface area contributed by atoms with Crippen LogP contribution in [-0.2, 0) is 6.42 Å². The van der Waals surface area contributed by atoms with Gasteiger partial charge in [0, 0.05) is 0 Å². The quantitative estimate of drug-likeness (QED) is 0.780. The summed E-state index contributed by atoms with van der Waals surface area (Å²) in [6.07, 6.45) is 1.41. The minimum atomic E-state index is -0.198. The molecule has 0 radical (unpaired) electrons. The van der Waals surface area contributed by atoms with Crippen LogP contribution in [0.2, 0.25) is 0 Å². The Hall–Kier alpha value is -0.820. The van der Waals surface area contributed by atoms with Gasteiger partial charge in [0.25, 0.3) is 0 Å². The van der Waals surface area contributed by atoms with Crippen LogP contribution in [0.3, 0.4) is 0 Å². The highest BCUT2D eigenvalue weighted by molar-refractivity contribution is 5.36. The van der Waals surface area contributed by atoms with Crippen LogP contribution in [-0.4, -0.2) is 11.2 Å². The summed E-state index contributed by atoms with van der Waals surface area (Å²) in [6, 6.07) is 4.40. The van der Waals surface area contributed by atoms with Crippen LogP contribution in [0.15, 0.2) is 12.1 Å². The van der Waals surface area contributed by atoms with Gasteiger partial charge in [-0.2, -0.15) is 0 Å². The Morgan fingerprint density at radius 2 is 1.64 bits per heavy atom. The fourth-order valence-corrected chi connectivity index (χ4v) is 1.64. The van der Waals surface area contributed by atoms with Crippen molar-refractivity contribution in [1.82, 2.24) is 0 Å². The molecule has 0 saturated carbocycles. The van der Waals surface area contributed by atoms with Crippen LogP contribution in [0.25, 0.3) is 0 Å². The van der Waals surface area contributed by atoms with E-state index in [9.17, 15) is 5.11 Å². The topological polar surface area (TPSA) is 20.2 Å². The van der Waals surface area contributed by atoms with Crippen LogP contribution in [0, 0.1) is 20.8 Å². The van der Waals surface area contributed by atoms with Crippen molar-refractivity contribution < 1.29 is 5.11 Å². The van der Waals surface area contributed by atoms with E-state index < -0.39 is 0 Å². The molecule has 0 fully saturated rings. The average Bonchev–Trinajstić information content (AvgIpc) is 2.14. The summed E-state index contributed by atoms with van der Waals surface area (Å²) in [6.45, 7) is 8.38. The summed E-state index contributed by atoms with van der Waals surface area (Å²) in [7, 11) is 0. The van der Waals surface area contributed by atoms with Crippen molar-refractivity contribution in [1.29, 1.82) is 0 Å². The molecule has 0 heterocycles. The molecular formula is C13H20O. The SMILES string of the molecule is CC[C@@H](O)Cc1cc(C)c(C)cc1C. The maximum Gasteiger partial charge on any atom is 0.0578 e. The largest absolute Gasteiger partial charge is 0.393 e. The van der Waals surface area contributed by atoms with Crippen molar-refractivity contribution in [2.24, 2.45) is 0 Å². The van der Waals surface area contributed by atoms with Gasteiger partial charge < -0.3 is 5.11 Å². The number of hydrogen-bond donors (Lipinski definition) is 1. The molecule has 78 valence electrons. The maximum atomic E-state index is 9.60. The van der Waals surface area contributed by atoms with E-state index in [4.69, 9.17) is 0 Å². The number of hydrogen-bond acceptors (Lipinski definition) is 1. The molecule has 1 aromatic rings. The summed E-state index contributed by atoms with van der Waals surface area (Å²) < 4.78 is 0. The smallest absolute Gasteiger partial charge is 0.0578 e. The zero-order chi connectivity index (χ0) is 10.7. The van der Waals surface area contributed by atoms with Crippen molar-refractivity contribution in [3.8, 4) is 0 Å².